The molecule has 1 aromatic rings. The Labute approximate surface area is 108 Å². The Morgan fingerprint density at radius 2 is 2.28 bits per heavy atom. The van der Waals surface area contributed by atoms with Gasteiger partial charge in [0.05, 0.1) is 17.5 Å². The summed E-state index contributed by atoms with van der Waals surface area (Å²) in [6.45, 7) is 0.733. The number of nitrogens with two attached hydrogens (primary N) is 1. The van der Waals surface area contributed by atoms with Crippen LogP contribution in [-0.4, -0.2) is 34.2 Å². The third-order valence-electron chi connectivity index (χ3n) is 3.65. The number of anilines is 1. The first-order chi connectivity index (χ1) is 8.70. The molecule has 0 radical (unpaired) electrons. The van der Waals surface area contributed by atoms with Crippen LogP contribution in [0.4, 0.5) is 5.69 Å². The minimum Gasteiger partial charge on any atom is -0.391 e. The second-order valence-corrected chi connectivity index (χ2v) is 5.01. The quantitative estimate of drug-likeness (QED) is 0.551. The van der Waals surface area contributed by atoms with E-state index in [4.69, 9.17) is 5.84 Å². The molecule has 0 aliphatic heterocycles. The van der Waals surface area contributed by atoms with E-state index in [1.807, 2.05) is 19.2 Å². The molecule has 5 heteroatoms. The van der Waals surface area contributed by atoms with E-state index >= 15 is 0 Å². The molecule has 0 aromatic carbocycles. The predicted molar refractivity (Wildman–Crippen MR) is 71.8 cm³/mol. The summed E-state index contributed by atoms with van der Waals surface area (Å²) in [5.74, 6) is 5.38. The lowest BCUT2D eigenvalue weighted by Crippen LogP contribution is -2.43. The van der Waals surface area contributed by atoms with Crippen molar-refractivity contribution in [3.63, 3.8) is 0 Å². The normalized spacial score (nSPS) is 24.2. The smallest absolute Gasteiger partial charge is 0.0695 e. The number of aliphatic hydroxyl groups is 1. The summed E-state index contributed by atoms with van der Waals surface area (Å²) in [6, 6.07) is 4.01. The molecular formula is C13H22N4O. The Balaban J connectivity index is 1.98. The van der Waals surface area contributed by atoms with Crippen LogP contribution in [0, 0.1) is 0 Å². The Hall–Kier alpha value is -1.17. The Bertz CT molecular complexity index is 385. The molecule has 2 unspecified atom stereocenters. The molecule has 1 saturated carbocycles. The number of hydrazine groups is 1. The van der Waals surface area contributed by atoms with Crippen LogP contribution in [0.15, 0.2) is 18.3 Å². The molecule has 0 bridgehead atoms. The van der Waals surface area contributed by atoms with Crippen molar-refractivity contribution in [2.45, 2.75) is 44.4 Å². The van der Waals surface area contributed by atoms with Gasteiger partial charge in [0, 0.05) is 18.8 Å². The van der Waals surface area contributed by atoms with Crippen LogP contribution in [0.5, 0.6) is 0 Å². The van der Waals surface area contributed by atoms with E-state index in [1.165, 1.54) is 6.42 Å². The largest absolute Gasteiger partial charge is 0.391 e. The monoisotopic (exact) mass is 250 g/mol. The molecule has 18 heavy (non-hydrogen) atoms. The SMILES string of the molecule is CN(Cc1cc(NN)ccn1)C1CCCCC1O. The molecule has 0 saturated heterocycles. The number of likely N-dealkylation sites (N-methyl/N-ethyl adjacent to an activating group) is 1. The fourth-order valence-electron chi connectivity index (χ4n) is 2.63. The molecule has 1 fully saturated rings. The minimum absolute atomic E-state index is 0.209. The maximum atomic E-state index is 10.0. The Morgan fingerprint density at radius 3 is 3.00 bits per heavy atom. The van der Waals surface area contributed by atoms with Crippen molar-refractivity contribution in [3.05, 3.63) is 24.0 Å². The highest BCUT2D eigenvalue weighted by atomic mass is 16.3. The summed E-state index contributed by atoms with van der Waals surface area (Å²) in [5.41, 5.74) is 4.44. The molecule has 2 rings (SSSR count). The zero-order chi connectivity index (χ0) is 13.0. The number of aliphatic hydroxyl groups excluding tert-OH is 1. The van der Waals surface area contributed by atoms with Crippen LogP contribution >= 0.6 is 0 Å². The first-order valence-corrected chi connectivity index (χ1v) is 6.50. The van der Waals surface area contributed by atoms with E-state index in [0.29, 0.717) is 0 Å². The van der Waals surface area contributed by atoms with Crippen molar-refractivity contribution >= 4 is 5.69 Å². The number of hydrogen-bond donors (Lipinski definition) is 3. The molecule has 2 atom stereocenters. The number of aromatic nitrogens is 1. The summed E-state index contributed by atoms with van der Waals surface area (Å²) in [4.78, 5) is 6.52. The molecule has 1 aliphatic carbocycles. The zero-order valence-electron chi connectivity index (χ0n) is 10.8. The summed E-state index contributed by atoms with van der Waals surface area (Å²) in [6.07, 6.45) is 5.84. The van der Waals surface area contributed by atoms with E-state index < -0.39 is 0 Å². The van der Waals surface area contributed by atoms with Gasteiger partial charge in [-0.2, -0.15) is 0 Å². The third kappa shape index (κ3) is 3.19. The second kappa shape index (κ2) is 6.13. The van der Waals surface area contributed by atoms with Crippen LogP contribution < -0.4 is 11.3 Å². The third-order valence-corrected chi connectivity index (χ3v) is 3.65. The Morgan fingerprint density at radius 1 is 1.50 bits per heavy atom. The van der Waals surface area contributed by atoms with Crippen molar-refractivity contribution in [3.8, 4) is 0 Å². The maximum absolute atomic E-state index is 10.0. The van der Waals surface area contributed by atoms with Crippen molar-refractivity contribution in [1.82, 2.24) is 9.88 Å². The maximum Gasteiger partial charge on any atom is 0.0695 e. The lowest BCUT2D eigenvalue weighted by atomic mass is 9.91. The zero-order valence-corrected chi connectivity index (χ0v) is 10.8. The molecule has 1 aromatic heterocycles. The highest BCUT2D eigenvalue weighted by Crippen LogP contribution is 2.23. The van der Waals surface area contributed by atoms with Gasteiger partial charge in [0.1, 0.15) is 0 Å². The van der Waals surface area contributed by atoms with Crippen LogP contribution in [0.3, 0.4) is 0 Å². The molecule has 1 aliphatic rings. The Kier molecular flexibility index (Phi) is 4.52. The topological polar surface area (TPSA) is 74.4 Å². The summed E-state index contributed by atoms with van der Waals surface area (Å²) < 4.78 is 0. The average molecular weight is 250 g/mol. The van der Waals surface area contributed by atoms with Gasteiger partial charge in [-0.1, -0.05) is 12.8 Å². The standard InChI is InChI=1S/C13H22N4O/c1-17(12-4-2-3-5-13(12)18)9-11-8-10(16-14)6-7-15-11/h6-8,12-13,18H,2-5,9,14H2,1H3,(H,15,16). The van der Waals surface area contributed by atoms with E-state index in [0.717, 1.165) is 37.2 Å². The van der Waals surface area contributed by atoms with Gasteiger partial charge in [-0.3, -0.25) is 15.7 Å². The van der Waals surface area contributed by atoms with Crippen LogP contribution in [0.2, 0.25) is 0 Å². The first-order valence-electron chi connectivity index (χ1n) is 6.50. The molecule has 100 valence electrons. The van der Waals surface area contributed by atoms with E-state index in [2.05, 4.69) is 15.3 Å². The number of pyridine rings is 1. The highest BCUT2D eigenvalue weighted by molar-refractivity contribution is 5.41. The van der Waals surface area contributed by atoms with E-state index in [-0.39, 0.29) is 12.1 Å². The fourth-order valence-corrected chi connectivity index (χ4v) is 2.63. The summed E-state index contributed by atoms with van der Waals surface area (Å²) in [5, 5.41) is 10.0. The van der Waals surface area contributed by atoms with Crippen LogP contribution in [0.25, 0.3) is 0 Å². The van der Waals surface area contributed by atoms with Crippen molar-refractivity contribution < 1.29 is 5.11 Å². The number of nitrogens with zero attached hydrogens (tertiary/aromatic N) is 2. The van der Waals surface area contributed by atoms with Gasteiger partial charge in [-0.25, -0.2) is 0 Å². The first kappa shape index (κ1) is 13.3. The molecule has 4 N–H and O–H groups in total. The number of rotatable bonds is 4. The lowest BCUT2D eigenvalue weighted by Gasteiger charge is -2.35. The molecule has 1 heterocycles. The van der Waals surface area contributed by atoms with Gasteiger partial charge in [0.2, 0.25) is 0 Å². The number of hydrogen-bond acceptors (Lipinski definition) is 5. The van der Waals surface area contributed by atoms with Gasteiger partial charge in [0.15, 0.2) is 0 Å². The van der Waals surface area contributed by atoms with E-state index in [1.54, 1.807) is 6.20 Å². The van der Waals surface area contributed by atoms with Gasteiger partial charge in [-0.15, -0.1) is 0 Å². The van der Waals surface area contributed by atoms with E-state index in [9.17, 15) is 5.11 Å². The highest BCUT2D eigenvalue weighted by Gasteiger charge is 2.26. The second-order valence-electron chi connectivity index (χ2n) is 5.01. The lowest BCUT2D eigenvalue weighted by molar-refractivity contribution is 0.0283. The van der Waals surface area contributed by atoms with Gasteiger partial charge < -0.3 is 10.5 Å². The molecule has 0 spiro atoms. The number of nitrogens with one attached hydrogen (secondary N) is 1. The molecule has 5 nitrogen and oxygen atoms in total. The van der Waals surface area contributed by atoms with Gasteiger partial charge in [-0.05, 0) is 32.0 Å². The van der Waals surface area contributed by atoms with Crippen LogP contribution in [-0.2, 0) is 6.54 Å². The predicted octanol–water partition coefficient (Wildman–Crippen LogP) is 1.10. The van der Waals surface area contributed by atoms with Gasteiger partial charge in [0.25, 0.3) is 0 Å². The van der Waals surface area contributed by atoms with Crippen molar-refractivity contribution in [1.29, 1.82) is 0 Å². The molecular weight excluding hydrogens is 228 g/mol. The van der Waals surface area contributed by atoms with Gasteiger partial charge >= 0.3 is 0 Å². The van der Waals surface area contributed by atoms with Crippen LogP contribution in [0.1, 0.15) is 31.4 Å². The van der Waals surface area contributed by atoms with Crippen molar-refractivity contribution in [2.24, 2.45) is 5.84 Å². The summed E-state index contributed by atoms with van der Waals surface area (Å²) in [7, 11) is 2.05. The van der Waals surface area contributed by atoms with Crippen molar-refractivity contribution in [2.75, 3.05) is 12.5 Å². The fraction of sp³-hybridized carbons (Fsp3) is 0.615. The molecule has 0 amide bonds. The average Bonchev–Trinajstić information content (AvgIpc) is 2.39. The summed E-state index contributed by atoms with van der Waals surface area (Å²) >= 11 is 0. The number of nitrogen functional groups attached to an aromatic ring is 1. The minimum atomic E-state index is -0.209.